The van der Waals surface area contributed by atoms with E-state index >= 15 is 0 Å². The van der Waals surface area contributed by atoms with Crippen molar-refractivity contribution in [1.29, 1.82) is 0 Å². The van der Waals surface area contributed by atoms with Crippen LogP contribution < -0.4 is 20.1 Å². The molecule has 0 bridgehead atoms. The second-order valence-corrected chi connectivity index (χ2v) is 6.44. The lowest BCUT2D eigenvalue weighted by Gasteiger charge is -2.16. The van der Waals surface area contributed by atoms with Crippen molar-refractivity contribution in [3.05, 3.63) is 54.1 Å². The maximum absolute atomic E-state index is 12.1. The molecule has 2 aromatic carbocycles. The number of rotatable bonds is 10. The topological polar surface area (TPSA) is 79.9 Å². The van der Waals surface area contributed by atoms with Crippen LogP contribution in [0.25, 0.3) is 0 Å². The molecule has 2 rings (SSSR count). The molecule has 0 unspecified atom stereocenters. The summed E-state index contributed by atoms with van der Waals surface area (Å²) in [6.45, 7) is 2.92. The Bertz CT molecular complexity index is 777. The number of carbonyl (C=O) groups excluding carboxylic acids is 2. The molecule has 0 aliphatic carbocycles. The van der Waals surface area contributed by atoms with Gasteiger partial charge in [0.15, 0.2) is 11.5 Å². The van der Waals surface area contributed by atoms with E-state index in [-0.39, 0.29) is 24.9 Å². The van der Waals surface area contributed by atoms with Gasteiger partial charge in [0.1, 0.15) is 6.61 Å². The van der Waals surface area contributed by atoms with E-state index in [1.54, 1.807) is 25.1 Å². The highest BCUT2D eigenvalue weighted by atomic mass is 16.5. The molecule has 150 valence electrons. The summed E-state index contributed by atoms with van der Waals surface area (Å²) in [6, 6.07) is 14.9. The number of hydrogen-bond acceptors (Lipinski definition) is 5. The summed E-state index contributed by atoms with van der Waals surface area (Å²) < 4.78 is 10.8. The van der Waals surface area contributed by atoms with E-state index in [9.17, 15) is 9.59 Å². The molecule has 2 N–H and O–H groups in total. The molecule has 0 saturated carbocycles. The van der Waals surface area contributed by atoms with E-state index in [1.165, 1.54) is 0 Å². The summed E-state index contributed by atoms with van der Waals surface area (Å²) in [5, 5.41) is 5.58. The molecule has 0 atom stereocenters. The number of hydrogen-bond donors (Lipinski definition) is 2. The monoisotopic (exact) mass is 385 g/mol. The van der Waals surface area contributed by atoms with Gasteiger partial charge in [0.05, 0.1) is 26.7 Å². The van der Waals surface area contributed by atoms with E-state index in [0.717, 1.165) is 11.3 Å². The molecule has 0 aliphatic rings. The molecule has 0 radical (unpaired) electrons. The number of anilines is 1. The van der Waals surface area contributed by atoms with Gasteiger partial charge in [0.25, 0.3) is 0 Å². The van der Waals surface area contributed by atoms with Crippen LogP contribution in [0.2, 0.25) is 0 Å². The largest absolute Gasteiger partial charge is 0.493 e. The van der Waals surface area contributed by atoms with Crippen molar-refractivity contribution in [2.45, 2.75) is 6.92 Å². The summed E-state index contributed by atoms with van der Waals surface area (Å²) in [5.41, 5.74) is 1.86. The predicted octanol–water partition coefficient (Wildman–Crippen LogP) is 2.07. The summed E-state index contributed by atoms with van der Waals surface area (Å²) in [7, 11) is 3.30. The lowest BCUT2D eigenvalue weighted by Crippen LogP contribution is -2.40. The number of nitrogens with one attached hydrogen (secondary N) is 2. The molecule has 0 aromatic heterocycles. The number of likely N-dealkylation sites (N-methyl/N-ethyl adjacent to an activating group) is 1. The number of amides is 2. The molecule has 0 aliphatic heterocycles. The molecule has 0 saturated heterocycles. The van der Waals surface area contributed by atoms with Gasteiger partial charge in [0, 0.05) is 5.69 Å². The molecular weight excluding hydrogens is 358 g/mol. The zero-order chi connectivity index (χ0) is 20.4. The molecule has 2 aromatic rings. The van der Waals surface area contributed by atoms with Crippen molar-refractivity contribution >= 4 is 17.5 Å². The average Bonchev–Trinajstić information content (AvgIpc) is 2.67. The minimum Gasteiger partial charge on any atom is -0.493 e. The average molecular weight is 385 g/mol. The van der Waals surface area contributed by atoms with Crippen LogP contribution in [0.3, 0.4) is 0 Å². The van der Waals surface area contributed by atoms with E-state index in [1.807, 2.05) is 49.4 Å². The summed E-state index contributed by atoms with van der Waals surface area (Å²) in [5.74, 6) is 0.935. The van der Waals surface area contributed by atoms with Crippen LogP contribution >= 0.6 is 0 Å². The van der Waals surface area contributed by atoms with E-state index in [4.69, 9.17) is 9.47 Å². The number of aryl methyl sites for hydroxylation is 1. The van der Waals surface area contributed by atoms with Crippen LogP contribution in [0, 0.1) is 6.92 Å². The Balaban J connectivity index is 1.65. The van der Waals surface area contributed by atoms with Crippen molar-refractivity contribution in [1.82, 2.24) is 10.2 Å². The fraction of sp³-hybridized carbons (Fsp3) is 0.333. The molecular formula is C21H27N3O4. The zero-order valence-corrected chi connectivity index (χ0v) is 16.5. The SMILES string of the molecule is COc1ccccc1OCCNC(=O)CN(C)CC(=O)Nc1ccc(C)cc1. The Labute approximate surface area is 165 Å². The van der Waals surface area contributed by atoms with Crippen LogP contribution in [0.15, 0.2) is 48.5 Å². The van der Waals surface area contributed by atoms with Gasteiger partial charge in [0.2, 0.25) is 11.8 Å². The van der Waals surface area contributed by atoms with Crippen molar-refractivity contribution in [2.24, 2.45) is 0 Å². The summed E-state index contributed by atoms with van der Waals surface area (Å²) in [6.07, 6.45) is 0. The normalized spacial score (nSPS) is 10.4. The minimum absolute atomic E-state index is 0.121. The van der Waals surface area contributed by atoms with E-state index in [0.29, 0.717) is 24.7 Å². The number of methoxy groups -OCH3 is 1. The van der Waals surface area contributed by atoms with Gasteiger partial charge in [-0.2, -0.15) is 0 Å². The van der Waals surface area contributed by atoms with E-state index in [2.05, 4.69) is 10.6 Å². The summed E-state index contributed by atoms with van der Waals surface area (Å²) in [4.78, 5) is 25.7. The number of ether oxygens (including phenoxy) is 2. The smallest absolute Gasteiger partial charge is 0.238 e. The second-order valence-electron chi connectivity index (χ2n) is 6.44. The quantitative estimate of drug-likeness (QED) is 0.612. The zero-order valence-electron chi connectivity index (χ0n) is 16.5. The number of benzene rings is 2. The Morgan fingerprint density at radius 2 is 1.61 bits per heavy atom. The van der Waals surface area contributed by atoms with E-state index < -0.39 is 0 Å². The molecule has 0 heterocycles. The van der Waals surface area contributed by atoms with Gasteiger partial charge < -0.3 is 20.1 Å². The molecule has 7 heteroatoms. The number of carbonyl (C=O) groups is 2. The fourth-order valence-electron chi connectivity index (χ4n) is 2.53. The third-order valence-corrected chi connectivity index (χ3v) is 3.91. The van der Waals surface area contributed by atoms with Gasteiger partial charge >= 0.3 is 0 Å². The predicted molar refractivity (Wildman–Crippen MR) is 109 cm³/mol. The first-order valence-electron chi connectivity index (χ1n) is 9.05. The van der Waals surface area contributed by atoms with Gasteiger partial charge in [-0.1, -0.05) is 29.8 Å². The minimum atomic E-state index is -0.172. The van der Waals surface area contributed by atoms with Crippen LogP contribution in [0.5, 0.6) is 11.5 Å². The van der Waals surface area contributed by atoms with Gasteiger partial charge in [-0.15, -0.1) is 0 Å². The Kier molecular flexibility index (Phi) is 8.30. The highest BCUT2D eigenvalue weighted by Crippen LogP contribution is 2.25. The molecule has 2 amide bonds. The number of para-hydroxylation sites is 2. The van der Waals surface area contributed by atoms with Crippen molar-refractivity contribution < 1.29 is 19.1 Å². The van der Waals surface area contributed by atoms with Crippen LogP contribution in [0.1, 0.15) is 5.56 Å². The highest BCUT2D eigenvalue weighted by Gasteiger charge is 2.11. The number of nitrogens with zero attached hydrogens (tertiary/aromatic N) is 1. The molecule has 0 spiro atoms. The first-order chi connectivity index (χ1) is 13.5. The first kappa shape index (κ1) is 21.2. The van der Waals surface area contributed by atoms with Crippen LogP contribution in [0.4, 0.5) is 5.69 Å². The van der Waals surface area contributed by atoms with Crippen LogP contribution in [-0.4, -0.2) is 57.1 Å². The third kappa shape index (κ3) is 7.28. The standard InChI is InChI=1S/C21H27N3O4/c1-16-8-10-17(11-9-16)23-21(26)15-24(2)14-20(25)22-12-13-28-19-7-5-4-6-18(19)27-3/h4-11H,12-15H2,1-3H3,(H,22,25)(H,23,26). The van der Waals surface area contributed by atoms with Gasteiger partial charge in [-0.25, -0.2) is 0 Å². The fourth-order valence-corrected chi connectivity index (χ4v) is 2.53. The first-order valence-corrected chi connectivity index (χ1v) is 9.05. The van der Waals surface area contributed by atoms with Crippen molar-refractivity contribution in [2.75, 3.05) is 45.7 Å². The van der Waals surface area contributed by atoms with Gasteiger partial charge in [-0.05, 0) is 38.2 Å². The molecule has 7 nitrogen and oxygen atoms in total. The van der Waals surface area contributed by atoms with Crippen molar-refractivity contribution in [3.8, 4) is 11.5 Å². The highest BCUT2D eigenvalue weighted by molar-refractivity contribution is 5.92. The molecule has 28 heavy (non-hydrogen) atoms. The van der Waals surface area contributed by atoms with Crippen LogP contribution in [-0.2, 0) is 9.59 Å². The maximum Gasteiger partial charge on any atom is 0.238 e. The Morgan fingerprint density at radius 1 is 0.964 bits per heavy atom. The second kappa shape index (κ2) is 10.9. The Hall–Kier alpha value is -3.06. The lowest BCUT2D eigenvalue weighted by atomic mass is 10.2. The Morgan fingerprint density at radius 3 is 2.29 bits per heavy atom. The van der Waals surface area contributed by atoms with Crippen molar-refractivity contribution in [3.63, 3.8) is 0 Å². The summed E-state index contributed by atoms with van der Waals surface area (Å²) >= 11 is 0. The lowest BCUT2D eigenvalue weighted by molar-refractivity contribution is -0.123. The molecule has 0 fully saturated rings. The van der Waals surface area contributed by atoms with Gasteiger partial charge in [-0.3, -0.25) is 14.5 Å². The maximum atomic E-state index is 12.1. The third-order valence-electron chi connectivity index (χ3n) is 3.91.